The lowest BCUT2D eigenvalue weighted by Gasteiger charge is -2.21. The van der Waals surface area contributed by atoms with Gasteiger partial charge in [0.15, 0.2) is 0 Å². The minimum Gasteiger partial charge on any atom is -0.480 e. The Morgan fingerprint density at radius 2 is 2.27 bits per heavy atom. The van der Waals surface area contributed by atoms with Gasteiger partial charge in [0.1, 0.15) is 4.75 Å². The average Bonchev–Trinajstić information content (AvgIpc) is 2.77. The summed E-state index contributed by atoms with van der Waals surface area (Å²) in [6.07, 6.45) is 7.16. The Morgan fingerprint density at radius 3 is 2.73 bits per heavy atom. The van der Waals surface area contributed by atoms with Gasteiger partial charge in [-0.2, -0.15) is 5.10 Å². The molecule has 5 heteroatoms. The summed E-state index contributed by atoms with van der Waals surface area (Å²) in [5, 5.41) is 13.3. The molecule has 1 aromatic heterocycles. The van der Waals surface area contributed by atoms with Crippen molar-refractivity contribution in [2.75, 3.05) is 0 Å². The maximum absolute atomic E-state index is 11.3. The van der Waals surface area contributed by atoms with Gasteiger partial charge in [0.2, 0.25) is 0 Å². The molecule has 1 aliphatic rings. The number of carbonyl (C=O) groups is 1. The van der Waals surface area contributed by atoms with Crippen molar-refractivity contribution in [2.45, 2.75) is 35.3 Å². The van der Waals surface area contributed by atoms with Gasteiger partial charge in [-0.1, -0.05) is 12.8 Å². The van der Waals surface area contributed by atoms with Gasteiger partial charge in [0.25, 0.3) is 0 Å². The summed E-state index contributed by atoms with van der Waals surface area (Å²) in [5.41, 5.74) is 0. The van der Waals surface area contributed by atoms with E-state index in [1.165, 1.54) is 11.8 Å². The van der Waals surface area contributed by atoms with E-state index >= 15 is 0 Å². The maximum Gasteiger partial charge on any atom is 0.320 e. The molecule has 1 fully saturated rings. The Kier molecular flexibility index (Phi) is 2.73. The minimum atomic E-state index is -0.686. The zero-order valence-corrected chi connectivity index (χ0v) is 9.46. The molecular weight excluding hydrogens is 212 g/mol. The number of carboxylic acid groups (broad SMARTS) is 1. The van der Waals surface area contributed by atoms with E-state index in [-0.39, 0.29) is 0 Å². The summed E-state index contributed by atoms with van der Waals surface area (Å²) < 4.78 is 1.09. The van der Waals surface area contributed by atoms with E-state index in [1.54, 1.807) is 10.9 Å². The molecule has 0 aromatic carbocycles. The molecular formula is C10H14N2O2S. The first-order chi connectivity index (χ1) is 7.12. The van der Waals surface area contributed by atoms with Crippen molar-refractivity contribution in [1.82, 2.24) is 9.78 Å². The SMILES string of the molecule is Cn1cc(SC2(C(=O)O)CCCC2)cn1. The van der Waals surface area contributed by atoms with Gasteiger partial charge in [-0.25, -0.2) is 0 Å². The minimum absolute atomic E-state index is 0.608. The lowest BCUT2D eigenvalue weighted by atomic mass is 10.1. The van der Waals surface area contributed by atoms with Gasteiger partial charge in [0.05, 0.1) is 6.20 Å². The number of hydrogen-bond donors (Lipinski definition) is 1. The molecule has 0 aliphatic heterocycles. The number of thioether (sulfide) groups is 1. The van der Waals surface area contributed by atoms with E-state index in [9.17, 15) is 9.90 Å². The number of aliphatic carboxylic acids is 1. The summed E-state index contributed by atoms with van der Waals surface area (Å²) in [6.45, 7) is 0. The summed E-state index contributed by atoms with van der Waals surface area (Å²) in [7, 11) is 1.84. The van der Waals surface area contributed by atoms with E-state index in [1.807, 2.05) is 13.2 Å². The Labute approximate surface area is 92.7 Å². The molecule has 0 bridgehead atoms. The fraction of sp³-hybridized carbons (Fsp3) is 0.600. The van der Waals surface area contributed by atoms with Gasteiger partial charge in [-0.05, 0) is 12.8 Å². The molecule has 1 saturated carbocycles. The molecule has 2 rings (SSSR count). The van der Waals surface area contributed by atoms with E-state index in [4.69, 9.17) is 0 Å². The summed E-state index contributed by atoms with van der Waals surface area (Å²) in [6, 6.07) is 0. The molecule has 1 aliphatic carbocycles. The molecule has 1 aromatic rings. The quantitative estimate of drug-likeness (QED) is 0.855. The smallest absolute Gasteiger partial charge is 0.320 e. The molecule has 0 amide bonds. The van der Waals surface area contributed by atoms with E-state index in [2.05, 4.69) is 5.10 Å². The number of aryl methyl sites for hydroxylation is 1. The van der Waals surface area contributed by atoms with Crippen LogP contribution < -0.4 is 0 Å². The van der Waals surface area contributed by atoms with Gasteiger partial charge in [-0.15, -0.1) is 11.8 Å². The Balaban J connectivity index is 2.17. The number of aromatic nitrogens is 2. The third kappa shape index (κ3) is 2.02. The van der Waals surface area contributed by atoms with Gasteiger partial charge in [-0.3, -0.25) is 9.48 Å². The first-order valence-corrected chi connectivity index (χ1v) is 5.85. The molecule has 1 heterocycles. The van der Waals surface area contributed by atoms with Crippen LogP contribution in [0.2, 0.25) is 0 Å². The van der Waals surface area contributed by atoms with Crippen molar-refractivity contribution < 1.29 is 9.90 Å². The van der Waals surface area contributed by atoms with Crippen LogP contribution in [0.4, 0.5) is 0 Å². The van der Waals surface area contributed by atoms with Crippen LogP contribution in [0.1, 0.15) is 25.7 Å². The second kappa shape index (κ2) is 3.89. The largest absolute Gasteiger partial charge is 0.480 e. The van der Waals surface area contributed by atoms with Gasteiger partial charge < -0.3 is 5.11 Å². The molecule has 1 N–H and O–H groups in total. The molecule has 0 atom stereocenters. The standard InChI is InChI=1S/C10H14N2O2S/c1-12-7-8(6-11-12)15-10(9(13)14)4-2-3-5-10/h6-7H,2-5H2,1H3,(H,13,14). The lowest BCUT2D eigenvalue weighted by molar-refractivity contribution is -0.139. The number of rotatable bonds is 3. The molecule has 82 valence electrons. The highest BCUT2D eigenvalue weighted by Crippen LogP contribution is 2.45. The lowest BCUT2D eigenvalue weighted by Crippen LogP contribution is -2.31. The van der Waals surface area contributed by atoms with Crippen LogP contribution in [-0.4, -0.2) is 25.6 Å². The zero-order valence-electron chi connectivity index (χ0n) is 8.64. The van der Waals surface area contributed by atoms with Crippen molar-refractivity contribution in [2.24, 2.45) is 7.05 Å². The fourth-order valence-corrected chi connectivity index (χ4v) is 3.32. The average molecular weight is 226 g/mol. The number of nitrogens with zero attached hydrogens (tertiary/aromatic N) is 2. The highest BCUT2D eigenvalue weighted by Gasteiger charge is 2.42. The molecule has 0 unspecified atom stereocenters. The Bertz CT molecular complexity index is 369. The third-order valence-corrected chi connectivity index (χ3v) is 4.22. The van der Waals surface area contributed by atoms with E-state index < -0.39 is 10.7 Å². The summed E-state index contributed by atoms with van der Waals surface area (Å²) in [4.78, 5) is 12.2. The Morgan fingerprint density at radius 1 is 1.60 bits per heavy atom. The van der Waals surface area contributed by atoms with E-state index in [0.717, 1.165) is 30.6 Å². The Hall–Kier alpha value is -0.970. The van der Waals surface area contributed by atoms with Crippen LogP contribution >= 0.6 is 11.8 Å². The predicted molar refractivity (Wildman–Crippen MR) is 57.9 cm³/mol. The van der Waals surface area contributed by atoms with Crippen LogP contribution in [0, 0.1) is 0 Å². The molecule has 0 radical (unpaired) electrons. The topological polar surface area (TPSA) is 55.1 Å². The van der Waals surface area contributed by atoms with Crippen LogP contribution in [0.25, 0.3) is 0 Å². The molecule has 0 saturated heterocycles. The van der Waals surface area contributed by atoms with Crippen molar-refractivity contribution in [3.63, 3.8) is 0 Å². The molecule has 15 heavy (non-hydrogen) atoms. The number of carboxylic acids is 1. The third-order valence-electron chi connectivity index (χ3n) is 2.80. The predicted octanol–water partition coefficient (Wildman–Crippen LogP) is 1.91. The second-order valence-electron chi connectivity index (χ2n) is 3.96. The number of hydrogen-bond acceptors (Lipinski definition) is 3. The van der Waals surface area contributed by atoms with E-state index in [0.29, 0.717) is 0 Å². The summed E-state index contributed by atoms with van der Waals surface area (Å²) in [5.74, 6) is -0.686. The zero-order chi connectivity index (χ0) is 10.9. The first kappa shape index (κ1) is 10.5. The second-order valence-corrected chi connectivity index (χ2v) is 5.42. The van der Waals surface area contributed by atoms with Crippen molar-refractivity contribution >= 4 is 17.7 Å². The van der Waals surface area contributed by atoms with Crippen molar-refractivity contribution in [3.05, 3.63) is 12.4 Å². The van der Waals surface area contributed by atoms with Crippen molar-refractivity contribution in [3.8, 4) is 0 Å². The highest BCUT2D eigenvalue weighted by atomic mass is 32.2. The normalized spacial score (nSPS) is 19.3. The maximum atomic E-state index is 11.3. The van der Waals surface area contributed by atoms with Crippen LogP contribution in [0.5, 0.6) is 0 Å². The fourth-order valence-electron chi connectivity index (χ4n) is 1.98. The van der Waals surface area contributed by atoms with Crippen LogP contribution in [0.3, 0.4) is 0 Å². The van der Waals surface area contributed by atoms with Crippen LogP contribution in [0.15, 0.2) is 17.3 Å². The van der Waals surface area contributed by atoms with Gasteiger partial charge >= 0.3 is 5.97 Å². The highest BCUT2D eigenvalue weighted by molar-refractivity contribution is 8.01. The monoisotopic (exact) mass is 226 g/mol. The van der Waals surface area contributed by atoms with Crippen molar-refractivity contribution in [1.29, 1.82) is 0 Å². The molecule has 4 nitrogen and oxygen atoms in total. The first-order valence-electron chi connectivity index (χ1n) is 5.03. The summed E-state index contributed by atoms with van der Waals surface area (Å²) >= 11 is 1.44. The van der Waals surface area contributed by atoms with Crippen LogP contribution in [-0.2, 0) is 11.8 Å². The van der Waals surface area contributed by atoms with Gasteiger partial charge in [0, 0.05) is 18.1 Å². The molecule has 0 spiro atoms.